The fourth-order valence-corrected chi connectivity index (χ4v) is 2.92. The summed E-state index contributed by atoms with van der Waals surface area (Å²) in [7, 11) is 0. The number of rotatable bonds is 3. The maximum Gasteiger partial charge on any atom is 0.407 e. The van der Waals surface area contributed by atoms with Gasteiger partial charge in [0.1, 0.15) is 0 Å². The highest BCUT2D eigenvalue weighted by Crippen LogP contribution is 2.32. The molecule has 0 aromatic heterocycles. The second-order valence-corrected chi connectivity index (χ2v) is 6.08. The molecule has 17 heavy (non-hydrogen) atoms. The minimum atomic E-state index is -0.792. The number of carbonyl (C=O) groups is 1. The number of carboxylic acid groups (broad SMARTS) is 1. The molecule has 0 bridgehead atoms. The molecule has 0 saturated heterocycles. The van der Waals surface area contributed by atoms with Crippen molar-refractivity contribution in [2.45, 2.75) is 64.5 Å². The van der Waals surface area contributed by atoms with E-state index in [1.165, 1.54) is 0 Å². The van der Waals surface area contributed by atoms with Crippen LogP contribution in [0.1, 0.15) is 52.9 Å². The third-order valence-electron chi connectivity index (χ3n) is 3.69. The van der Waals surface area contributed by atoms with Gasteiger partial charge in [-0.25, -0.2) is 4.79 Å². The Balaban J connectivity index is 2.59. The third-order valence-corrected chi connectivity index (χ3v) is 3.69. The van der Waals surface area contributed by atoms with E-state index in [4.69, 9.17) is 5.73 Å². The lowest BCUT2D eigenvalue weighted by molar-refractivity contribution is 0.0499. The average Bonchev–Trinajstić information content (AvgIpc) is 2.18. The minimum Gasteiger partial charge on any atom is -0.465 e. The summed E-state index contributed by atoms with van der Waals surface area (Å²) in [5.74, 6) is 0.701. The van der Waals surface area contributed by atoms with E-state index in [0.29, 0.717) is 5.92 Å². The number of nitrogens with two attached hydrogens (primary N) is 1. The topological polar surface area (TPSA) is 66.6 Å². The van der Waals surface area contributed by atoms with Crippen molar-refractivity contribution < 1.29 is 9.90 Å². The van der Waals surface area contributed by atoms with Crippen molar-refractivity contribution >= 4 is 6.09 Å². The molecule has 1 aliphatic rings. The molecule has 0 heterocycles. The lowest BCUT2D eigenvalue weighted by Gasteiger charge is -2.42. The van der Waals surface area contributed by atoms with Gasteiger partial charge in [-0.2, -0.15) is 0 Å². The largest absolute Gasteiger partial charge is 0.465 e. The molecule has 0 radical (unpaired) electrons. The molecule has 0 unspecified atom stereocenters. The smallest absolute Gasteiger partial charge is 0.407 e. The van der Waals surface area contributed by atoms with Gasteiger partial charge in [0.2, 0.25) is 0 Å². The molecular weight excluding hydrogens is 216 g/mol. The monoisotopic (exact) mass is 242 g/mol. The molecule has 0 atom stereocenters. The van der Waals surface area contributed by atoms with Crippen LogP contribution < -0.4 is 5.73 Å². The molecule has 0 spiro atoms. The molecule has 4 nitrogen and oxygen atoms in total. The Hall–Kier alpha value is -0.770. The molecule has 0 aromatic rings. The second kappa shape index (κ2) is 5.71. The molecule has 1 saturated carbocycles. The molecule has 4 heteroatoms. The predicted molar refractivity (Wildman–Crippen MR) is 69.0 cm³/mol. The Morgan fingerprint density at radius 3 is 2.18 bits per heavy atom. The van der Waals surface area contributed by atoms with Gasteiger partial charge in [-0.1, -0.05) is 0 Å². The Morgan fingerprint density at radius 1 is 1.29 bits per heavy atom. The SMILES string of the molecule is CC(C)(C)N(C(=O)O)C1CCC(CCN)CC1. The standard InChI is InChI=1S/C13H26N2O2/c1-13(2,3)15(12(16)17)11-6-4-10(5-7-11)8-9-14/h10-11H,4-9,14H2,1-3H3,(H,16,17). The van der Waals surface area contributed by atoms with Crippen molar-refractivity contribution in [1.29, 1.82) is 0 Å². The van der Waals surface area contributed by atoms with E-state index in [0.717, 1.165) is 38.6 Å². The molecule has 100 valence electrons. The van der Waals surface area contributed by atoms with Crippen LogP contribution in [-0.2, 0) is 0 Å². The zero-order valence-electron chi connectivity index (χ0n) is 11.3. The zero-order chi connectivity index (χ0) is 13.1. The molecule has 0 aliphatic heterocycles. The predicted octanol–water partition coefficient (Wildman–Crippen LogP) is 2.67. The summed E-state index contributed by atoms with van der Waals surface area (Å²) in [6, 6.07) is 0.182. The highest BCUT2D eigenvalue weighted by atomic mass is 16.4. The minimum absolute atomic E-state index is 0.182. The van der Waals surface area contributed by atoms with Crippen LogP contribution in [0.5, 0.6) is 0 Å². The molecular formula is C13H26N2O2. The van der Waals surface area contributed by atoms with Crippen molar-refractivity contribution in [1.82, 2.24) is 4.90 Å². The Labute approximate surface area is 104 Å². The van der Waals surface area contributed by atoms with Crippen LogP contribution in [0.15, 0.2) is 0 Å². The molecule has 1 aliphatic carbocycles. The Bertz CT molecular complexity index is 253. The molecule has 1 rings (SSSR count). The van der Waals surface area contributed by atoms with Crippen molar-refractivity contribution in [3.63, 3.8) is 0 Å². The maximum absolute atomic E-state index is 11.4. The zero-order valence-corrected chi connectivity index (χ0v) is 11.3. The van der Waals surface area contributed by atoms with Gasteiger partial charge in [-0.3, -0.25) is 0 Å². The Morgan fingerprint density at radius 2 is 1.82 bits per heavy atom. The second-order valence-electron chi connectivity index (χ2n) is 6.08. The van der Waals surface area contributed by atoms with Gasteiger partial charge in [-0.15, -0.1) is 0 Å². The van der Waals surface area contributed by atoms with Crippen molar-refractivity contribution in [2.24, 2.45) is 11.7 Å². The molecule has 3 N–H and O–H groups in total. The van der Waals surface area contributed by atoms with E-state index in [9.17, 15) is 9.90 Å². The molecule has 0 aromatic carbocycles. The first-order valence-corrected chi connectivity index (χ1v) is 6.58. The van der Waals surface area contributed by atoms with Crippen LogP contribution in [0.25, 0.3) is 0 Å². The summed E-state index contributed by atoms with van der Waals surface area (Å²) in [5, 5.41) is 9.34. The van der Waals surface area contributed by atoms with E-state index in [2.05, 4.69) is 0 Å². The Kier molecular flexibility index (Phi) is 4.80. The molecule has 1 amide bonds. The van der Waals surface area contributed by atoms with E-state index < -0.39 is 6.09 Å². The summed E-state index contributed by atoms with van der Waals surface area (Å²) in [5.41, 5.74) is 5.26. The van der Waals surface area contributed by atoms with Crippen LogP contribution in [0.2, 0.25) is 0 Å². The highest BCUT2D eigenvalue weighted by molar-refractivity contribution is 5.66. The maximum atomic E-state index is 11.4. The lowest BCUT2D eigenvalue weighted by atomic mass is 9.82. The van der Waals surface area contributed by atoms with Gasteiger partial charge in [0.25, 0.3) is 0 Å². The lowest BCUT2D eigenvalue weighted by Crippen LogP contribution is -2.52. The van der Waals surface area contributed by atoms with Gasteiger partial charge in [0.05, 0.1) is 0 Å². The third kappa shape index (κ3) is 3.87. The quantitative estimate of drug-likeness (QED) is 0.799. The number of hydrogen-bond acceptors (Lipinski definition) is 2. The fraction of sp³-hybridized carbons (Fsp3) is 0.923. The van der Waals surface area contributed by atoms with E-state index in [1.54, 1.807) is 4.90 Å². The van der Waals surface area contributed by atoms with Gasteiger partial charge in [-0.05, 0) is 65.3 Å². The van der Waals surface area contributed by atoms with Crippen molar-refractivity contribution in [2.75, 3.05) is 6.54 Å². The summed E-state index contributed by atoms with van der Waals surface area (Å²) in [4.78, 5) is 13.0. The van der Waals surface area contributed by atoms with E-state index in [-0.39, 0.29) is 11.6 Å². The van der Waals surface area contributed by atoms with Crippen LogP contribution in [0.4, 0.5) is 4.79 Å². The van der Waals surface area contributed by atoms with Crippen molar-refractivity contribution in [3.05, 3.63) is 0 Å². The number of amides is 1. The van der Waals surface area contributed by atoms with Crippen LogP contribution in [-0.4, -0.2) is 34.2 Å². The summed E-state index contributed by atoms with van der Waals surface area (Å²) < 4.78 is 0. The number of hydrogen-bond donors (Lipinski definition) is 2. The van der Waals surface area contributed by atoms with Gasteiger partial charge >= 0.3 is 6.09 Å². The van der Waals surface area contributed by atoms with Gasteiger partial charge in [0.15, 0.2) is 0 Å². The highest BCUT2D eigenvalue weighted by Gasteiger charge is 2.35. The summed E-state index contributed by atoms with van der Waals surface area (Å²) >= 11 is 0. The van der Waals surface area contributed by atoms with E-state index in [1.807, 2.05) is 20.8 Å². The first-order chi connectivity index (χ1) is 7.86. The number of nitrogens with zero attached hydrogens (tertiary/aromatic N) is 1. The van der Waals surface area contributed by atoms with Crippen molar-refractivity contribution in [3.8, 4) is 0 Å². The van der Waals surface area contributed by atoms with Crippen LogP contribution in [0, 0.1) is 5.92 Å². The van der Waals surface area contributed by atoms with Gasteiger partial charge in [0, 0.05) is 11.6 Å². The van der Waals surface area contributed by atoms with Crippen LogP contribution >= 0.6 is 0 Å². The average molecular weight is 242 g/mol. The first kappa shape index (κ1) is 14.3. The van der Waals surface area contributed by atoms with Crippen LogP contribution in [0.3, 0.4) is 0 Å². The summed E-state index contributed by atoms with van der Waals surface area (Å²) in [6.07, 6.45) is 4.47. The summed E-state index contributed by atoms with van der Waals surface area (Å²) in [6.45, 7) is 6.64. The fourth-order valence-electron chi connectivity index (χ4n) is 2.92. The normalized spacial score (nSPS) is 25.6. The van der Waals surface area contributed by atoms with Gasteiger partial charge < -0.3 is 15.7 Å². The van der Waals surface area contributed by atoms with E-state index >= 15 is 0 Å². The first-order valence-electron chi connectivity index (χ1n) is 6.58. The molecule has 1 fully saturated rings.